The molecule has 5 rings (SSSR count). The fraction of sp³-hybridized carbons (Fsp3) is 0.394. The fourth-order valence-corrected chi connectivity index (χ4v) is 6.57. The second-order valence-electron chi connectivity index (χ2n) is 11.1. The topological polar surface area (TPSA) is 47.3 Å². The van der Waals surface area contributed by atoms with Gasteiger partial charge in [-0.2, -0.15) is 5.26 Å². The molecule has 1 saturated heterocycles. The zero-order valence-electron chi connectivity index (χ0n) is 22.5. The van der Waals surface area contributed by atoms with E-state index >= 15 is 0 Å². The summed E-state index contributed by atoms with van der Waals surface area (Å²) in [5.41, 5.74) is 3.88. The van der Waals surface area contributed by atoms with Gasteiger partial charge in [0.05, 0.1) is 18.2 Å². The maximum atomic E-state index is 13.7. The summed E-state index contributed by atoms with van der Waals surface area (Å²) in [5.74, 6) is -1.39. The summed E-state index contributed by atoms with van der Waals surface area (Å²) in [6.07, 6.45) is 6.95. The second-order valence-corrected chi connectivity index (χ2v) is 11.1. The number of Topliss-reactive ketones (excluding diaryl/α,β-unsaturated/α-hetero) is 1. The summed E-state index contributed by atoms with van der Waals surface area (Å²) < 4.78 is 27.4. The van der Waals surface area contributed by atoms with E-state index in [-0.39, 0.29) is 24.3 Å². The van der Waals surface area contributed by atoms with E-state index in [0.29, 0.717) is 17.2 Å². The molecule has 0 bridgehead atoms. The molecular formula is C33H35F2N3O. The van der Waals surface area contributed by atoms with Gasteiger partial charge < -0.3 is 4.90 Å². The first-order chi connectivity index (χ1) is 18.9. The van der Waals surface area contributed by atoms with Crippen molar-refractivity contribution in [3.8, 4) is 17.2 Å². The molecule has 0 N–H and O–H groups in total. The number of rotatable bonds is 8. The van der Waals surface area contributed by atoms with Gasteiger partial charge in [-0.1, -0.05) is 49.2 Å². The largest absolute Gasteiger partial charge is 0.300 e. The van der Waals surface area contributed by atoms with Crippen molar-refractivity contribution >= 4 is 5.78 Å². The Bertz CT molecular complexity index is 1330. The number of halogens is 2. The summed E-state index contributed by atoms with van der Waals surface area (Å²) in [6, 6.07) is 22.3. The molecule has 202 valence electrons. The van der Waals surface area contributed by atoms with Gasteiger partial charge in [-0.3, -0.25) is 9.69 Å². The molecule has 39 heavy (non-hydrogen) atoms. The SMILES string of the molecule is CN(CC(=O)Cc1cc(F)cc(F)c1)C1(c2ccc(-c3cccc(C#N)c3)cc2)CCN(C2CCCC2)CC1. The first kappa shape index (κ1) is 27.2. The lowest BCUT2D eigenvalue weighted by Crippen LogP contribution is -2.54. The highest BCUT2D eigenvalue weighted by molar-refractivity contribution is 5.83. The van der Waals surface area contributed by atoms with Gasteiger partial charge in [0, 0.05) is 37.2 Å². The van der Waals surface area contributed by atoms with Gasteiger partial charge in [-0.25, -0.2) is 8.78 Å². The molecule has 3 aromatic carbocycles. The summed E-state index contributed by atoms with van der Waals surface area (Å²) in [6.45, 7) is 2.15. The Kier molecular flexibility index (Phi) is 8.20. The van der Waals surface area contributed by atoms with Crippen molar-refractivity contribution in [3.63, 3.8) is 0 Å². The van der Waals surface area contributed by atoms with Gasteiger partial charge in [0.2, 0.25) is 0 Å². The number of benzene rings is 3. The minimum Gasteiger partial charge on any atom is -0.300 e. The molecule has 4 nitrogen and oxygen atoms in total. The van der Waals surface area contributed by atoms with Gasteiger partial charge in [0.15, 0.2) is 5.78 Å². The van der Waals surface area contributed by atoms with Crippen LogP contribution in [0.3, 0.4) is 0 Å². The molecule has 0 unspecified atom stereocenters. The third-order valence-corrected chi connectivity index (χ3v) is 8.68. The van der Waals surface area contributed by atoms with E-state index in [9.17, 15) is 18.8 Å². The van der Waals surface area contributed by atoms with Crippen molar-refractivity contribution in [2.75, 3.05) is 26.7 Å². The number of likely N-dealkylation sites (tertiary alicyclic amines) is 1. The highest BCUT2D eigenvalue weighted by atomic mass is 19.1. The predicted molar refractivity (Wildman–Crippen MR) is 149 cm³/mol. The van der Waals surface area contributed by atoms with Crippen molar-refractivity contribution in [2.24, 2.45) is 0 Å². The Morgan fingerprint density at radius 3 is 2.28 bits per heavy atom. The van der Waals surface area contributed by atoms with E-state index in [2.05, 4.69) is 40.1 Å². The van der Waals surface area contributed by atoms with Gasteiger partial charge in [0.1, 0.15) is 11.6 Å². The Hall–Kier alpha value is -3.40. The van der Waals surface area contributed by atoms with E-state index in [1.807, 2.05) is 25.2 Å². The van der Waals surface area contributed by atoms with Crippen LogP contribution in [-0.2, 0) is 16.8 Å². The number of piperidine rings is 1. The summed E-state index contributed by atoms with van der Waals surface area (Å²) >= 11 is 0. The van der Waals surface area contributed by atoms with E-state index in [0.717, 1.165) is 43.1 Å². The van der Waals surface area contributed by atoms with Crippen LogP contribution < -0.4 is 0 Å². The number of likely N-dealkylation sites (N-methyl/N-ethyl adjacent to an activating group) is 1. The van der Waals surface area contributed by atoms with Gasteiger partial charge in [0.25, 0.3) is 0 Å². The number of carbonyl (C=O) groups excluding carboxylic acids is 1. The van der Waals surface area contributed by atoms with Crippen LogP contribution in [0.2, 0.25) is 0 Å². The maximum absolute atomic E-state index is 13.7. The molecule has 1 aliphatic carbocycles. The molecule has 0 amide bonds. The van der Waals surface area contributed by atoms with Gasteiger partial charge in [-0.05, 0) is 79.3 Å². The molecule has 0 spiro atoms. The monoisotopic (exact) mass is 527 g/mol. The molecule has 1 heterocycles. The Morgan fingerprint density at radius 1 is 0.974 bits per heavy atom. The second kappa shape index (κ2) is 11.8. The number of nitriles is 1. The molecular weight excluding hydrogens is 492 g/mol. The number of hydrogen-bond donors (Lipinski definition) is 0. The first-order valence-electron chi connectivity index (χ1n) is 13.9. The van der Waals surface area contributed by atoms with Crippen LogP contribution in [0.4, 0.5) is 8.78 Å². The van der Waals surface area contributed by atoms with Crippen LogP contribution in [0.15, 0.2) is 66.7 Å². The lowest BCUT2D eigenvalue weighted by atomic mass is 9.78. The molecule has 1 aliphatic heterocycles. The van der Waals surface area contributed by atoms with E-state index in [4.69, 9.17) is 0 Å². The van der Waals surface area contributed by atoms with Crippen LogP contribution in [0, 0.1) is 23.0 Å². The minimum absolute atomic E-state index is 0.00251. The van der Waals surface area contributed by atoms with E-state index in [1.165, 1.54) is 43.4 Å². The molecule has 0 radical (unpaired) electrons. The Morgan fingerprint density at radius 2 is 1.64 bits per heavy atom. The normalized spacial score (nSPS) is 17.8. The van der Waals surface area contributed by atoms with Crippen LogP contribution in [0.1, 0.15) is 55.2 Å². The van der Waals surface area contributed by atoms with Crippen molar-refractivity contribution < 1.29 is 13.6 Å². The lowest BCUT2D eigenvalue weighted by Gasteiger charge is -2.49. The van der Waals surface area contributed by atoms with E-state index in [1.54, 1.807) is 6.07 Å². The van der Waals surface area contributed by atoms with Crippen LogP contribution >= 0.6 is 0 Å². The molecule has 3 aromatic rings. The standard InChI is InChI=1S/C33H35F2N3O/c1-37(23-32(39)20-25-18-29(34)21-30(35)19-25)33(13-15-38(16-14-33)31-7-2-3-8-31)28-11-9-26(10-12-28)27-6-4-5-24(17-27)22-36/h4-6,9-12,17-19,21,31H,2-3,7-8,13-16,20,23H2,1H3. The first-order valence-corrected chi connectivity index (χ1v) is 13.9. The van der Waals surface area contributed by atoms with Gasteiger partial charge in [-0.15, -0.1) is 0 Å². The Labute approximate surface area is 229 Å². The zero-order chi connectivity index (χ0) is 27.4. The fourth-order valence-electron chi connectivity index (χ4n) is 6.57. The number of hydrogen-bond acceptors (Lipinski definition) is 4. The average molecular weight is 528 g/mol. The molecule has 0 atom stereocenters. The average Bonchev–Trinajstić information content (AvgIpc) is 3.48. The molecule has 2 aliphatic rings. The quantitative estimate of drug-likeness (QED) is 0.336. The maximum Gasteiger partial charge on any atom is 0.151 e. The molecule has 2 fully saturated rings. The van der Waals surface area contributed by atoms with Crippen molar-refractivity contribution in [2.45, 2.75) is 56.5 Å². The highest BCUT2D eigenvalue weighted by Crippen LogP contribution is 2.40. The number of carbonyl (C=O) groups is 1. The van der Waals surface area contributed by atoms with Crippen LogP contribution in [-0.4, -0.2) is 48.3 Å². The van der Waals surface area contributed by atoms with Gasteiger partial charge >= 0.3 is 0 Å². The number of ketones is 1. The molecule has 0 aromatic heterocycles. The van der Waals surface area contributed by atoms with Crippen molar-refractivity contribution in [1.29, 1.82) is 5.26 Å². The lowest BCUT2D eigenvalue weighted by molar-refractivity contribution is -0.121. The summed E-state index contributed by atoms with van der Waals surface area (Å²) in [7, 11) is 2.00. The predicted octanol–water partition coefficient (Wildman–Crippen LogP) is 6.48. The van der Waals surface area contributed by atoms with Crippen molar-refractivity contribution in [1.82, 2.24) is 9.80 Å². The summed E-state index contributed by atoms with van der Waals surface area (Å²) in [4.78, 5) is 17.9. The minimum atomic E-state index is -0.665. The molecule has 1 saturated carbocycles. The molecule has 6 heteroatoms. The smallest absolute Gasteiger partial charge is 0.151 e. The van der Waals surface area contributed by atoms with E-state index < -0.39 is 11.6 Å². The summed E-state index contributed by atoms with van der Waals surface area (Å²) in [5, 5.41) is 9.29. The third-order valence-electron chi connectivity index (χ3n) is 8.68. The number of nitrogens with zero attached hydrogens (tertiary/aromatic N) is 3. The van der Waals surface area contributed by atoms with Crippen LogP contribution in [0.5, 0.6) is 0 Å². The Balaban J connectivity index is 1.38. The van der Waals surface area contributed by atoms with Crippen LogP contribution in [0.25, 0.3) is 11.1 Å². The van der Waals surface area contributed by atoms with Crippen molar-refractivity contribution in [3.05, 3.63) is 95.1 Å². The highest BCUT2D eigenvalue weighted by Gasteiger charge is 2.41. The zero-order valence-corrected chi connectivity index (χ0v) is 22.5. The third kappa shape index (κ3) is 6.11.